The molecule has 0 saturated carbocycles. The maximum atomic E-state index is 13.3. The molecule has 4 aromatic rings. The highest BCUT2D eigenvalue weighted by molar-refractivity contribution is 8.76. The number of ether oxygens (including phenoxy) is 2. The van der Waals surface area contributed by atoms with Crippen LogP contribution in [0, 0.1) is 5.92 Å². The molecule has 0 bridgehead atoms. The number of hydrogen-bond donors (Lipinski definition) is 9. The summed E-state index contributed by atoms with van der Waals surface area (Å²) >= 11 is -2.49. The van der Waals surface area contributed by atoms with Crippen molar-refractivity contribution in [1.82, 2.24) is 40.4 Å². The van der Waals surface area contributed by atoms with E-state index in [1.54, 1.807) is 41.3 Å². The van der Waals surface area contributed by atoms with Crippen molar-refractivity contribution < 1.29 is 56.9 Å². The van der Waals surface area contributed by atoms with Gasteiger partial charge in [0.05, 0.1) is 48.0 Å². The van der Waals surface area contributed by atoms with Crippen molar-refractivity contribution in [2.45, 2.75) is 67.4 Å². The number of amides is 4. The molecule has 28 heteroatoms. The second-order valence-corrected chi connectivity index (χ2v) is 20.1. The van der Waals surface area contributed by atoms with Crippen molar-refractivity contribution in [3.63, 3.8) is 0 Å². The number of H-pyrrole nitrogens is 1. The second-order valence-electron chi connectivity index (χ2n) is 16.5. The van der Waals surface area contributed by atoms with Crippen LogP contribution in [0.15, 0.2) is 87.0 Å². The number of nitrogen functional groups attached to an aromatic ring is 1. The number of aliphatic carboxylic acids is 1. The number of carbonyl (C=O) groups excluding carboxylic acids is 6. The fraction of sp³-hybridized carbons (Fsp3) is 0.326. The molecule has 2 unspecified atom stereocenters. The van der Waals surface area contributed by atoms with Crippen LogP contribution in [0.25, 0.3) is 11.2 Å². The molecule has 2 saturated heterocycles. The first-order valence-corrected chi connectivity index (χ1v) is 25.0. The summed E-state index contributed by atoms with van der Waals surface area (Å²) in [4.78, 5) is 120. The molecule has 4 amide bonds. The number of piperazine rings is 1. The Morgan fingerprint density at radius 1 is 0.986 bits per heavy atom. The number of carbonyl (C=O) groups is 7. The molecule has 372 valence electrons. The summed E-state index contributed by atoms with van der Waals surface area (Å²) in [6, 6.07) is 10.3. The summed E-state index contributed by atoms with van der Waals surface area (Å²) in [6.45, 7) is 1.54. The first-order chi connectivity index (χ1) is 33.9. The number of anilines is 2. The molecule has 71 heavy (non-hydrogen) atoms. The van der Waals surface area contributed by atoms with Crippen LogP contribution < -0.4 is 38.7 Å². The van der Waals surface area contributed by atoms with Crippen LogP contribution in [-0.4, -0.2) is 134 Å². The number of hydrogen-bond acceptors (Lipinski definition) is 20. The van der Waals surface area contributed by atoms with Gasteiger partial charge in [-0.2, -0.15) is 4.98 Å². The van der Waals surface area contributed by atoms with Crippen LogP contribution in [0.4, 0.5) is 21.2 Å². The number of carboxylic acid groups (broad SMARTS) is 1. The van der Waals surface area contributed by atoms with E-state index in [4.69, 9.17) is 26.7 Å². The molecule has 4 aliphatic rings. The van der Waals surface area contributed by atoms with Crippen LogP contribution in [0.2, 0.25) is 0 Å². The summed E-state index contributed by atoms with van der Waals surface area (Å²) in [5, 5.41) is 16.5. The van der Waals surface area contributed by atoms with Crippen molar-refractivity contribution >= 4 is 97.0 Å². The Balaban J connectivity index is 0.753. The number of Topliss-reactive ketones (excluding diaryl/α,β-unsaturated/α-hetero) is 2. The highest BCUT2D eigenvalue weighted by Crippen LogP contribution is 2.53. The van der Waals surface area contributed by atoms with Gasteiger partial charge in [0.1, 0.15) is 24.6 Å². The predicted molar refractivity (Wildman–Crippen MR) is 255 cm³/mol. The van der Waals surface area contributed by atoms with E-state index in [1.807, 2.05) is 0 Å². The van der Waals surface area contributed by atoms with E-state index in [1.165, 1.54) is 51.7 Å². The highest BCUT2D eigenvalue weighted by Gasteiger charge is 2.69. The fourth-order valence-corrected chi connectivity index (χ4v) is 11.7. The average molecular weight is 1030 g/mol. The van der Waals surface area contributed by atoms with E-state index in [-0.39, 0.29) is 96.2 Å². The molecule has 2 aromatic heterocycles. The monoisotopic (exact) mass is 1030 g/mol. The van der Waals surface area contributed by atoms with E-state index in [0.717, 1.165) is 4.90 Å². The SMILES string of the molecule is CC1=C(N)C(=O)C2=C(C1=O)N1C[C@H]3[C@@H](C1[C@@H]2COC(N)=O)N3C(=O)OCc1ccc(SSC[C@H](NC(=O)CC[C@H](NC(=O)c2ccc(NCc3cnc4nc(N)[nH]c(=O)c4n3)cc2)C(=O)O)S(=O)O)cc1. The largest absolute Gasteiger partial charge is 0.480 e. The number of benzene rings is 2. The van der Waals surface area contributed by atoms with Gasteiger partial charge in [-0.15, -0.1) is 0 Å². The quantitative estimate of drug-likeness (QED) is 0.0270. The highest BCUT2D eigenvalue weighted by atomic mass is 33.1. The zero-order chi connectivity index (χ0) is 50.8. The average Bonchev–Trinajstić information content (AvgIpc) is 3.76. The molecular formula is C43H44N12O13S3. The molecule has 12 N–H and O–H groups in total. The van der Waals surface area contributed by atoms with Crippen molar-refractivity contribution in [2.75, 3.05) is 30.0 Å². The molecule has 3 aliphatic heterocycles. The summed E-state index contributed by atoms with van der Waals surface area (Å²) in [7, 11) is 2.43. The lowest BCUT2D eigenvalue weighted by Gasteiger charge is -2.29. The summed E-state index contributed by atoms with van der Waals surface area (Å²) < 4.78 is 32.7. The van der Waals surface area contributed by atoms with E-state index < -0.39 is 87.6 Å². The predicted octanol–water partition coefficient (Wildman–Crippen LogP) is 0.712. The third kappa shape index (κ3) is 10.8. The second kappa shape index (κ2) is 20.8. The van der Waals surface area contributed by atoms with Gasteiger partial charge in [-0.05, 0) is 55.3 Å². The van der Waals surface area contributed by atoms with E-state index in [0.29, 0.717) is 16.9 Å². The number of aromatic nitrogens is 4. The van der Waals surface area contributed by atoms with E-state index >= 15 is 0 Å². The molecule has 1 aliphatic carbocycles. The standard InChI is InChI=1S/C43H44N12O13S3/c1-18-30(44)36(58)29-24(16-67-42(46)63)32-33-26(14-54(32)34(29)35(18)57)55(33)43(64)68-15-19-2-8-23(9-3-19)70-69-17-28(71(65)66)51-27(56)11-10-25(40(61)62)50-38(59)20-4-6-21(7-5-20)47-12-22-13-48-37-31(49-22)39(60)53-41(45)52-37/h2-9,13,24-26,28,32-33,47H,10-12,14-17,44H2,1H3,(H2,46,63)(H,50,59)(H,51,56)(H,61,62)(H,65,66)(H3,45,48,52,53,60)/t24-,25+,26+,28-,32?,33+,55?/m1/s1. The van der Waals surface area contributed by atoms with E-state index in [9.17, 15) is 52.2 Å². The molecule has 0 spiro atoms. The summed E-state index contributed by atoms with van der Waals surface area (Å²) in [5.41, 5.74) is 18.4. The van der Waals surface area contributed by atoms with Gasteiger partial charge in [0.25, 0.3) is 11.5 Å². The number of primary amides is 1. The van der Waals surface area contributed by atoms with Crippen LogP contribution in [0.1, 0.15) is 41.4 Å². The number of carboxylic acids is 1. The molecule has 5 heterocycles. The Bertz CT molecular complexity index is 3010. The number of allylic oxidation sites excluding steroid dienone is 2. The lowest BCUT2D eigenvalue weighted by atomic mass is 9.84. The Morgan fingerprint density at radius 2 is 1.72 bits per heavy atom. The minimum atomic E-state index is -2.49. The zero-order valence-electron chi connectivity index (χ0n) is 37.2. The number of fused-ring (bicyclic) bond motifs is 5. The molecule has 0 radical (unpaired) electrons. The zero-order valence-corrected chi connectivity index (χ0v) is 39.6. The third-order valence-electron chi connectivity index (χ3n) is 12.1. The molecule has 2 fully saturated rings. The summed E-state index contributed by atoms with van der Waals surface area (Å²) in [6.07, 6.45) is -0.937. The number of nitrogens with zero attached hydrogens (tertiary/aromatic N) is 5. The first-order valence-electron chi connectivity index (χ1n) is 21.5. The molecule has 8 rings (SSSR count). The maximum absolute atomic E-state index is 13.3. The normalized spacial score (nSPS) is 20.1. The van der Waals surface area contributed by atoms with Gasteiger partial charge in [-0.3, -0.25) is 33.9 Å². The van der Waals surface area contributed by atoms with Gasteiger partial charge in [0, 0.05) is 51.9 Å². The Kier molecular flexibility index (Phi) is 14.6. The molecular weight excluding hydrogens is 989 g/mol. The topological polar surface area (TPSA) is 387 Å². The van der Waals surface area contributed by atoms with Gasteiger partial charge in [-0.1, -0.05) is 33.7 Å². The summed E-state index contributed by atoms with van der Waals surface area (Å²) in [5.74, 6) is -4.57. The van der Waals surface area contributed by atoms with Crippen molar-refractivity contribution in [1.29, 1.82) is 0 Å². The molecule has 25 nitrogen and oxygen atoms in total. The van der Waals surface area contributed by atoms with Crippen molar-refractivity contribution in [2.24, 2.45) is 17.4 Å². The Morgan fingerprint density at radius 3 is 2.41 bits per heavy atom. The smallest absolute Gasteiger partial charge is 0.410 e. The number of aromatic amines is 1. The van der Waals surface area contributed by atoms with Crippen molar-refractivity contribution in [3.05, 3.63) is 104 Å². The van der Waals surface area contributed by atoms with Crippen LogP contribution in [-0.2, 0) is 52.9 Å². The number of nitrogens with two attached hydrogens (primary N) is 3. The van der Waals surface area contributed by atoms with Crippen LogP contribution >= 0.6 is 21.6 Å². The Labute approximate surface area is 411 Å². The third-order valence-corrected chi connectivity index (χ3v) is 15.4. The van der Waals surface area contributed by atoms with Gasteiger partial charge in [-0.25, -0.2) is 28.6 Å². The lowest BCUT2D eigenvalue weighted by Crippen LogP contribution is -2.43. The van der Waals surface area contributed by atoms with Gasteiger partial charge >= 0.3 is 18.2 Å². The minimum absolute atomic E-state index is 0.0121. The lowest BCUT2D eigenvalue weighted by molar-refractivity contribution is -0.139. The maximum Gasteiger partial charge on any atom is 0.410 e. The number of nitrogens with one attached hydrogen (secondary N) is 4. The molecule has 7 atom stereocenters. The molecule has 2 aromatic carbocycles. The van der Waals surface area contributed by atoms with Gasteiger partial charge < -0.3 is 57.2 Å². The van der Waals surface area contributed by atoms with Crippen LogP contribution in [0.5, 0.6) is 0 Å². The number of ketones is 2. The van der Waals surface area contributed by atoms with Gasteiger partial charge in [0.15, 0.2) is 22.2 Å². The Hall–Kier alpha value is -7.56. The van der Waals surface area contributed by atoms with Crippen molar-refractivity contribution in [3.8, 4) is 0 Å². The fourth-order valence-electron chi connectivity index (χ4n) is 8.54. The van der Waals surface area contributed by atoms with Crippen LogP contribution in [0.3, 0.4) is 0 Å². The minimum Gasteiger partial charge on any atom is -0.480 e. The number of rotatable bonds is 19. The van der Waals surface area contributed by atoms with E-state index in [2.05, 4.69) is 35.9 Å². The van der Waals surface area contributed by atoms with Gasteiger partial charge in [0.2, 0.25) is 23.4 Å². The first kappa shape index (κ1) is 49.8.